The summed E-state index contributed by atoms with van der Waals surface area (Å²) in [5.41, 5.74) is 0.190. The lowest BCUT2D eigenvalue weighted by molar-refractivity contribution is -0.161. The number of nitrogens with one attached hydrogen (secondary N) is 2. The van der Waals surface area contributed by atoms with E-state index >= 15 is 0 Å². The maximum Gasteiger partial charge on any atom is 0.410 e. The number of anilines is 3. The third-order valence-electron chi connectivity index (χ3n) is 5.91. The molecule has 1 saturated heterocycles. The van der Waals surface area contributed by atoms with Gasteiger partial charge >= 0.3 is 12.2 Å². The van der Waals surface area contributed by atoms with E-state index in [1.165, 1.54) is 35.4 Å². The van der Waals surface area contributed by atoms with Crippen LogP contribution in [0.5, 0.6) is 5.75 Å². The number of amides is 3. The lowest BCUT2D eigenvalue weighted by atomic mass is 10.1. The van der Waals surface area contributed by atoms with Crippen LogP contribution in [0.2, 0.25) is 0 Å². The summed E-state index contributed by atoms with van der Waals surface area (Å²) in [6.45, 7) is -0.871. The first-order valence-corrected chi connectivity index (χ1v) is 11.3. The Balaban J connectivity index is 1.55. The van der Waals surface area contributed by atoms with Gasteiger partial charge in [0.05, 0.1) is 24.9 Å². The third kappa shape index (κ3) is 5.84. The number of nitrogens with zero attached hydrogens (tertiary/aromatic N) is 4. The lowest BCUT2D eigenvalue weighted by Crippen LogP contribution is -2.49. The largest absolute Gasteiger partial charge is 0.491 e. The molecule has 3 amide bonds. The van der Waals surface area contributed by atoms with Crippen LogP contribution in [-0.4, -0.2) is 94.5 Å². The third-order valence-corrected chi connectivity index (χ3v) is 5.91. The zero-order valence-corrected chi connectivity index (χ0v) is 19.4. The van der Waals surface area contributed by atoms with Crippen LogP contribution < -0.4 is 25.2 Å². The number of ether oxygens (including phenoxy) is 1. The Bertz CT molecular complexity index is 1150. The van der Waals surface area contributed by atoms with E-state index in [9.17, 15) is 27.9 Å². The van der Waals surface area contributed by atoms with E-state index in [0.717, 1.165) is 0 Å². The molecule has 0 aliphatic carbocycles. The van der Waals surface area contributed by atoms with Crippen molar-refractivity contribution in [3.63, 3.8) is 0 Å². The van der Waals surface area contributed by atoms with E-state index in [1.807, 2.05) is 4.90 Å². The Morgan fingerprint density at radius 2 is 2.00 bits per heavy atom. The highest BCUT2D eigenvalue weighted by atomic mass is 19.4. The lowest BCUT2D eigenvalue weighted by Gasteiger charge is -2.35. The van der Waals surface area contributed by atoms with Crippen LogP contribution in [0.4, 0.5) is 35.3 Å². The number of hydrogen-bond donors (Lipinski definition) is 5. The van der Waals surface area contributed by atoms with Gasteiger partial charge in [0.1, 0.15) is 36.0 Å². The zero-order valence-electron chi connectivity index (χ0n) is 19.4. The number of pyridine rings is 2. The molecule has 0 spiro atoms. The van der Waals surface area contributed by atoms with Gasteiger partial charge in [-0.2, -0.15) is 13.2 Å². The molecular weight excluding hydrogens is 501 g/mol. The van der Waals surface area contributed by atoms with Gasteiger partial charge in [-0.1, -0.05) is 0 Å². The van der Waals surface area contributed by atoms with Crippen molar-refractivity contribution in [2.45, 2.75) is 30.8 Å². The molecule has 4 rings (SSSR count). The Kier molecular flexibility index (Phi) is 7.65. The second-order valence-electron chi connectivity index (χ2n) is 8.50. The molecule has 3 atom stereocenters. The molecule has 2 aliphatic rings. The average Bonchev–Trinajstić information content (AvgIpc) is 3.28. The van der Waals surface area contributed by atoms with Gasteiger partial charge in [-0.3, -0.25) is 15.0 Å². The minimum absolute atomic E-state index is 0.102. The number of aliphatic hydroxyl groups is 3. The van der Waals surface area contributed by atoms with Gasteiger partial charge in [0, 0.05) is 25.4 Å². The van der Waals surface area contributed by atoms with Crippen LogP contribution in [0.3, 0.4) is 0 Å². The molecule has 4 heterocycles. The van der Waals surface area contributed by atoms with Crippen LogP contribution in [0.1, 0.15) is 16.9 Å². The minimum atomic E-state index is -4.85. The topological polar surface area (TPSA) is 160 Å². The van der Waals surface area contributed by atoms with E-state index in [-0.39, 0.29) is 35.7 Å². The molecule has 2 bridgehead atoms. The van der Waals surface area contributed by atoms with Crippen molar-refractivity contribution in [2.75, 3.05) is 48.0 Å². The standard InChI is InChI=1S/C22H25F3N6O6/c23-22(24,25)17(10-33)28-20(35)15-1-2-16-19(27-15)31(12-4-6-30(16)8-12)21(36)29-18-7-14(3-5-26-18)37-11-13(34)9-32/h1-3,5,7,12-13,17,32-34H,4,6,8-11H2,(H,28,35)(H,26,29,36)/t12?,13-,17-/m1/s1. The predicted octanol–water partition coefficient (Wildman–Crippen LogP) is 0.492. The molecule has 2 aromatic heterocycles. The number of aliphatic hydroxyl groups excluding tert-OH is 3. The second-order valence-corrected chi connectivity index (χ2v) is 8.50. The van der Waals surface area contributed by atoms with Crippen molar-refractivity contribution in [2.24, 2.45) is 0 Å². The molecule has 2 aliphatic heterocycles. The van der Waals surface area contributed by atoms with Gasteiger partial charge in [0.25, 0.3) is 5.91 Å². The monoisotopic (exact) mass is 526 g/mol. The van der Waals surface area contributed by atoms with E-state index in [2.05, 4.69) is 15.3 Å². The number of aromatic nitrogens is 2. The molecule has 0 aromatic carbocycles. The highest BCUT2D eigenvalue weighted by molar-refractivity contribution is 6.05. The Morgan fingerprint density at radius 1 is 1.22 bits per heavy atom. The summed E-state index contributed by atoms with van der Waals surface area (Å²) in [4.78, 5) is 37.4. The Labute approximate surface area is 208 Å². The smallest absolute Gasteiger partial charge is 0.410 e. The second kappa shape index (κ2) is 10.7. The van der Waals surface area contributed by atoms with Gasteiger partial charge in [-0.15, -0.1) is 0 Å². The van der Waals surface area contributed by atoms with E-state index in [0.29, 0.717) is 25.2 Å². The Morgan fingerprint density at radius 3 is 2.70 bits per heavy atom. The fourth-order valence-electron chi connectivity index (χ4n) is 4.05. The van der Waals surface area contributed by atoms with Crippen LogP contribution in [0.25, 0.3) is 0 Å². The van der Waals surface area contributed by atoms with Crippen molar-refractivity contribution in [1.82, 2.24) is 15.3 Å². The molecule has 1 fully saturated rings. The Hall–Kier alpha value is -3.69. The molecule has 1 unspecified atom stereocenters. The van der Waals surface area contributed by atoms with Crippen molar-refractivity contribution >= 4 is 29.3 Å². The van der Waals surface area contributed by atoms with Gasteiger partial charge in [-0.05, 0) is 24.6 Å². The predicted molar refractivity (Wildman–Crippen MR) is 124 cm³/mol. The van der Waals surface area contributed by atoms with Gasteiger partial charge < -0.3 is 30.3 Å². The SMILES string of the molecule is O=C(N[C@H](CO)C(F)(F)F)c1ccc2c(n1)N(C(=O)Nc1cc(OC[C@H](O)CO)ccn1)C1CCN2C1. The van der Waals surface area contributed by atoms with E-state index < -0.39 is 43.5 Å². The molecule has 200 valence electrons. The number of alkyl halides is 3. The van der Waals surface area contributed by atoms with Gasteiger partial charge in [0.2, 0.25) is 0 Å². The molecule has 37 heavy (non-hydrogen) atoms. The minimum Gasteiger partial charge on any atom is -0.491 e. The van der Waals surface area contributed by atoms with Gasteiger partial charge in [0.15, 0.2) is 5.82 Å². The molecule has 5 N–H and O–H groups in total. The maximum atomic E-state index is 13.3. The molecule has 12 nitrogen and oxygen atoms in total. The summed E-state index contributed by atoms with van der Waals surface area (Å²) >= 11 is 0. The number of fused-ring (bicyclic) bond motifs is 4. The number of rotatable bonds is 8. The number of hydrogen-bond acceptors (Lipinski definition) is 9. The number of urea groups is 1. The first-order valence-electron chi connectivity index (χ1n) is 11.3. The highest BCUT2D eigenvalue weighted by Crippen LogP contribution is 2.39. The molecule has 0 radical (unpaired) electrons. The van der Waals surface area contributed by atoms with Crippen molar-refractivity contribution in [3.8, 4) is 5.75 Å². The van der Waals surface area contributed by atoms with Crippen LogP contribution in [-0.2, 0) is 0 Å². The first kappa shape index (κ1) is 26.4. The average molecular weight is 526 g/mol. The molecule has 0 saturated carbocycles. The normalized spacial score (nSPS) is 18.2. The summed E-state index contributed by atoms with van der Waals surface area (Å²) in [6, 6.07) is 2.29. The number of carbonyl (C=O) groups is 2. The van der Waals surface area contributed by atoms with E-state index in [4.69, 9.17) is 14.9 Å². The van der Waals surface area contributed by atoms with E-state index in [1.54, 1.807) is 5.32 Å². The highest BCUT2D eigenvalue weighted by Gasteiger charge is 2.42. The summed E-state index contributed by atoms with van der Waals surface area (Å²) in [5, 5.41) is 31.7. The summed E-state index contributed by atoms with van der Waals surface area (Å²) < 4.78 is 44.3. The van der Waals surface area contributed by atoms with Crippen molar-refractivity contribution in [1.29, 1.82) is 0 Å². The fourth-order valence-corrected chi connectivity index (χ4v) is 4.05. The molecular formula is C22H25F3N6O6. The number of carbonyl (C=O) groups excluding carboxylic acids is 2. The first-order chi connectivity index (χ1) is 17.6. The summed E-state index contributed by atoms with van der Waals surface area (Å²) in [7, 11) is 0. The number of halogens is 3. The van der Waals surface area contributed by atoms with Crippen LogP contribution >= 0.6 is 0 Å². The van der Waals surface area contributed by atoms with Crippen LogP contribution in [0, 0.1) is 0 Å². The van der Waals surface area contributed by atoms with Crippen molar-refractivity contribution < 1.29 is 42.8 Å². The molecule has 15 heteroatoms. The zero-order chi connectivity index (χ0) is 26.7. The quantitative estimate of drug-likeness (QED) is 0.330. The maximum absolute atomic E-state index is 13.3. The van der Waals surface area contributed by atoms with Crippen LogP contribution in [0.15, 0.2) is 30.5 Å². The molecule has 2 aromatic rings. The van der Waals surface area contributed by atoms with Gasteiger partial charge in [-0.25, -0.2) is 14.8 Å². The summed E-state index contributed by atoms with van der Waals surface area (Å²) in [6.07, 6.45) is -3.96. The fraction of sp³-hybridized carbons (Fsp3) is 0.455. The van der Waals surface area contributed by atoms with Crippen molar-refractivity contribution in [3.05, 3.63) is 36.2 Å². The summed E-state index contributed by atoms with van der Waals surface area (Å²) in [5.74, 6) is -0.647.